The molecule has 148 valence electrons. The Labute approximate surface area is 165 Å². The number of aryl methyl sites for hydroxylation is 1. The number of amides is 3. The van der Waals surface area contributed by atoms with Gasteiger partial charge in [0.1, 0.15) is 6.10 Å². The second kappa shape index (κ2) is 9.37. The van der Waals surface area contributed by atoms with E-state index in [1.165, 1.54) is 12.8 Å². The molecule has 1 fully saturated rings. The lowest BCUT2D eigenvalue weighted by molar-refractivity contribution is -0.132. The fourth-order valence-electron chi connectivity index (χ4n) is 2.75. The molecule has 0 aromatic heterocycles. The molecule has 1 aliphatic carbocycles. The minimum atomic E-state index is -0.456. The largest absolute Gasteiger partial charge is 0.368 e. The molecule has 0 saturated heterocycles. The van der Waals surface area contributed by atoms with Crippen LogP contribution in [0.1, 0.15) is 30.9 Å². The zero-order valence-electron chi connectivity index (χ0n) is 16.3. The number of anilines is 2. The Kier molecular flexibility index (Phi) is 6.66. The highest BCUT2D eigenvalue weighted by atomic mass is 16.5. The summed E-state index contributed by atoms with van der Waals surface area (Å²) in [6.45, 7) is 4.78. The lowest BCUT2D eigenvalue weighted by atomic mass is 10.2. The van der Waals surface area contributed by atoms with Crippen molar-refractivity contribution < 1.29 is 14.3 Å². The average Bonchev–Trinajstić information content (AvgIpc) is 3.49. The molecule has 2 aromatic rings. The van der Waals surface area contributed by atoms with Gasteiger partial charge in [0.05, 0.1) is 6.61 Å². The predicted octanol–water partition coefficient (Wildman–Crippen LogP) is 4.07. The first-order valence-corrected chi connectivity index (χ1v) is 9.62. The number of carbonyl (C=O) groups is 2. The van der Waals surface area contributed by atoms with Gasteiger partial charge in [-0.15, -0.1) is 0 Å². The highest BCUT2D eigenvalue weighted by Gasteiger charge is 2.23. The van der Waals surface area contributed by atoms with E-state index in [2.05, 4.69) is 16.0 Å². The number of urea groups is 1. The molecule has 0 bridgehead atoms. The third kappa shape index (κ3) is 6.39. The van der Waals surface area contributed by atoms with E-state index in [0.29, 0.717) is 24.8 Å². The number of rotatable bonds is 8. The highest BCUT2D eigenvalue weighted by Crippen LogP contribution is 2.29. The lowest BCUT2D eigenvalue weighted by Crippen LogP contribution is -2.34. The van der Waals surface area contributed by atoms with Crippen LogP contribution in [0.2, 0.25) is 0 Å². The molecule has 3 rings (SSSR count). The third-order valence-corrected chi connectivity index (χ3v) is 4.58. The van der Waals surface area contributed by atoms with E-state index < -0.39 is 6.10 Å². The van der Waals surface area contributed by atoms with Crippen molar-refractivity contribution in [3.05, 3.63) is 59.7 Å². The van der Waals surface area contributed by atoms with Crippen molar-refractivity contribution in [2.75, 3.05) is 17.2 Å². The Morgan fingerprint density at radius 2 is 1.75 bits per heavy atom. The Bertz CT molecular complexity index is 833. The maximum absolute atomic E-state index is 12.2. The smallest absolute Gasteiger partial charge is 0.323 e. The van der Waals surface area contributed by atoms with Crippen LogP contribution in [0.25, 0.3) is 0 Å². The zero-order valence-corrected chi connectivity index (χ0v) is 16.3. The van der Waals surface area contributed by atoms with Gasteiger partial charge in [0, 0.05) is 17.9 Å². The summed E-state index contributed by atoms with van der Waals surface area (Å²) in [6, 6.07) is 14.7. The first kappa shape index (κ1) is 19.9. The molecular weight excluding hydrogens is 354 g/mol. The summed E-state index contributed by atoms with van der Waals surface area (Å²) in [5.74, 6) is 0.500. The topological polar surface area (TPSA) is 79.5 Å². The number of benzene rings is 2. The molecule has 2 aromatic carbocycles. The Morgan fingerprint density at radius 3 is 2.43 bits per heavy atom. The first-order chi connectivity index (χ1) is 13.5. The van der Waals surface area contributed by atoms with Crippen molar-refractivity contribution in [2.24, 2.45) is 5.92 Å². The van der Waals surface area contributed by atoms with Crippen LogP contribution in [-0.4, -0.2) is 24.6 Å². The van der Waals surface area contributed by atoms with Gasteiger partial charge in [-0.3, -0.25) is 4.79 Å². The van der Waals surface area contributed by atoms with Crippen LogP contribution in [0.15, 0.2) is 48.5 Å². The Morgan fingerprint density at radius 1 is 1.07 bits per heavy atom. The maximum atomic E-state index is 12.2. The minimum absolute atomic E-state index is 0.129. The van der Waals surface area contributed by atoms with E-state index in [-0.39, 0.29) is 11.9 Å². The fourth-order valence-corrected chi connectivity index (χ4v) is 2.75. The van der Waals surface area contributed by atoms with Gasteiger partial charge in [-0.05, 0) is 68.0 Å². The molecule has 1 unspecified atom stereocenters. The van der Waals surface area contributed by atoms with Crippen molar-refractivity contribution in [3.8, 4) is 0 Å². The molecule has 6 nitrogen and oxygen atoms in total. The molecule has 3 N–H and O–H groups in total. The average molecular weight is 381 g/mol. The molecule has 28 heavy (non-hydrogen) atoms. The summed E-state index contributed by atoms with van der Waals surface area (Å²) in [5.41, 5.74) is 3.37. The fraction of sp³-hybridized carbons (Fsp3) is 0.364. The van der Waals surface area contributed by atoms with Gasteiger partial charge in [-0.25, -0.2) is 4.79 Å². The van der Waals surface area contributed by atoms with Crippen molar-refractivity contribution in [3.63, 3.8) is 0 Å². The number of hydrogen-bond donors (Lipinski definition) is 3. The summed E-state index contributed by atoms with van der Waals surface area (Å²) < 4.78 is 5.58. The monoisotopic (exact) mass is 381 g/mol. The third-order valence-electron chi connectivity index (χ3n) is 4.58. The van der Waals surface area contributed by atoms with E-state index in [0.717, 1.165) is 16.8 Å². The van der Waals surface area contributed by atoms with Crippen LogP contribution in [-0.2, 0) is 16.1 Å². The quantitative estimate of drug-likeness (QED) is 0.645. The SMILES string of the molecule is Cc1cccc(NC(=O)Nc2cccc(CNC(=O)C(C)OCC3CC3)c2)c1. The van der Waals surface area contributed by atoms with Gasteiger partial charge in [0.25, 0.3) is 0 Å². The van der Waals surface area contributed by atoms with Crippen LogP contribution in [0.5, 0.6) is 0 Å². The number of hydrogen-bond acceptors (Lipinski definition) is 3. The molecule has 3 amide bonds. The van der Waals surface area contributed by atoms with Gasteiger partial charge < -0.3 is 20.7 Å². The second-order valence-electron chi connectivity index (χ2n) is 7.29. The summed E-state index contributed by atoms with van der Waals surface area (Å²) in [5, 5.41) is 8.50. The summed E-state index contributed by atoms with van der Waals surface area (Å²) >= 11 is 0. The van der Waals surface area contributed by atoms with Crippen molar-refractivity contribution in [2.45, 2.75) is 39.3 Å². The van der Waals surface area contributed by atoms with Crippen LogP contribution < -0.4 is 16.0 Å². The van der Waals surface area contributed by atoms with E-state index in [9.17, 15) is 9.59 Å². The van der Waals surface area contributed by atoms with Crippen LogP contribution in [0.4, 0.5) is 16.2 Å². The standard InChI is InChI=1S/C22H27N3O3/c1-15-5-3-7-19(11-15)24-22(27)25-20-8-4-6-18(12-20)13-23-21(26)16(2)28-14-17-9-10-17/h3-8,11-12,16-17H,9-10,13-14H2,1-2H3,(H,23,26)(H2,24,25,27). The molecule has 6 heteroatoms. The predicted molar refractivity (Wildman–Crippen MR) is 110 cm³/mol. The van der Waals surface area contributed by atoms with Gasteiger partial charge >= 0.3 is 6.03 Å². The Hall–Kier alpha value is -2.86. The molecule has 1 aliphatic rings. The van der Waals surface area contributed by atoms with Gasteiger partial charge in [0.15, 0.2) is 0 Å². The van der Waals surface area contributed by atoms with Gasteiger partial charge in [0.2, 0.25) is 5.91 Å². The van der Waals surface area contributed by atoms with E-state index in [1.54, 1.807) is 6.92 Å². The van der Waals surface area contributed by atoms with E-state index in [4.69, 9.17) is 4.74 Å². The van der Waals surface area contributed by atoms with Crippen molar-refractivity contribution in [1.29, 1.82) is 0 Å². The molecule has 1 atom stereocenters. The van der Waals surface area contributed by atoms with Crippen molar-refractivity contribution >= 4 is 23.3 Å². The van der Waals surface area contributed by atoms with Crippen LogP contribution >= 0.6 is 0 Å². The molecular formula is C22H27N3O3. The van der Waals surface area contributed by atoms with Crippen LogP contribution in [0, 0.1) is 12.8 Å². The number of nitrogens with one attached hydrogen (secondary N) is 3. The van der Waals surface area contributed by atoms with E-state index in [1.807, 2.05) is 55.5 Å². The van der Waals surface area contributed by atoms with Gasteiger partial charge in [-0.2, -0.15) is 0 Å². The van der Waals surface area contributed by atoms with Gasteiger partial charge in [-0.1, -0.05) is 24.3 Å². The number of carbonyl (C=O) groups excluding carboxylic acids is 2. The zero-order chi connectivity index (χ0) is 19.9. The summed E-state index contributed by atoms with van der Waals surface area (Å²) in [4.78, 5) is 24.3. The molecule has 0 radical (unpaired) electrons. The lowest BCUT2D eigenvalue weighted by Gasteiger charge is -2.14. The molecule has 0 aliphatic heterocycles. The highest BCUT2D eigenvalue weighted by molar-refractivity contribution is 5.99. The second-order valence-corrected chi connectivity index (χ2v) is 7.29. The normalized spacial score (nSPS) is 14.2. The van der Waals surface area contributed by atoms with Crippen LogP contribution in [0.3, 0.4) is 0 Å². The summed E-state index contributed by atoms with van der Waals surface area (Å²) in [6.07, 6.45) is 1.94. The number of ether oxygens (including phenoxy) is 1. The van der Waals surface area contributed by atoms with E-state index >= 15 is 0 Å². The van der Waals surface area contributed by atoms with Crippen molar-refractivity contribution in [1.82, 2.24) is 5.32 Å². The Balaban J connectivity index is 1.47. The maximum Gasteiger partial charge on any atom is 0.323 e. The summed E-state index contributed by atoms with van der Waals surface area (Å²) in [7, 11) is 0. The molecule has 1 saturated carbocycles. The molecule has 0 spiro atoms. The first-order valence-electron chi connectivity index (χ1n) is 9.62. The minimum Gasteiger partial charge on any atom is -0.368 e. The molecule has 0 heterocycles.